The number of nitrogens with zero attached hydrogens (tertiary/aromatic N) is 5. The number of benzene rings is 1. The maximum atomic E-state index is 13.4. The van der Waals surface area contributed by atoms with Crippen LogP contribution in [-0.4, -0.2) is 62.7 Å². The molecule has 0 spiro atoms. The smallest absolute Gasteiger partial charge is 0.410 e. The van der Waals surface area contributed by atoms with Crippen LogP contribution in [0.15, 0.2) is 36.4 Å². The van der Waals surface area contributed by atoms with Crippen molar-refractivity contribution in [1.29, 1.82) is 5.26 Å². The van der Waals surface area contributed by atoms with Gasteiger partial charge in [-0.3, -0.25) is 10.3 Å². The van der Waals surface area contributed by atoms with E-state index in [9.17, 15) is 14.9 Å². The predicted molar refractivity (Wildman–Crippen MR) is 153 cm³/mol. The molecule has 2 aromatic heterocycles. The number of amides is 3. The summed E-state index contributed by atoms with van der Waals surface area (Å²) in [6.07, 6.45) is -0.376. The van der Waals surface area contributed by atoms with Gasteiger partial charge in [-0.1, -0.05) is 23.5 Å². The van der Waals surface area contributed by atoms with E-state index in [1.54, 1.807) is 21.9 Å². The number of hydrogen-bond acceptors (Lipinski definition) is 7. The van der Waals surface area contributed by atoms with Crippen molar-refractivity contribution in [3.8, 4) is 27.8 Å². The van der Waals surface area contributed by atoms with E-state index >= 15 is 0 Å². The second kappa shape index (κ2) is 11.0. The topological polar surface area (TPSA) is 111 Å². The van der Waals surface area contributed by atoms with Gasteiger partial charge in [-0.05, 0) is 78.3 Å². The highest BCUT2D eigenvalue weighted by molar-refractivity contribution is 7.19. The summed E-state index contributed by atoms with van der Waals surface area (Å²) in [5.74, 6) is 0. The van der Waals surface area contributed by atoms with Gasteiger partial charge >= 0.3 is 12.1 Å². The Morgan fingerprint density at radius 2 is 1.67 bits per heavy atom. The number of anilines is 1. The van der Waals surface area contributed by atoms with Gasteiger partial charge in [-0.25, -0.2) is 14.6 Å². The number of ether oxygens (including phenoxy) is 1. The number of aromatic nitrogens is 2. The number of rotatable bonds is 3. The van der Waals surface area contributed by atoms with E-state index in [4.69, 9.17) is 9.72 Å². The molecule has 204 valence electrons. The first-order valence-corrected chi connectivity index (χ1v) is 13.7. The van der Waals surface area contributed by atoms with Crippen molar-refractivity contribution in [3.63, 3.8) is 0 Å². The third-order valence-electron chi connectivity index (χ3n) is 6.32. The van der Waals surface area contributed by atoms with Crippen LogP contribution in [0.1, 0.15) is 51.6 Å². The molecule has 1 saturated heterocycles. The van der Waals surface area contributed by atoms with E-state index in [1.165, 1.54) is 11.3 Å². The van der Waals surface area contributed by atoms with Crippen molar-refractivity contribution in [2.24, 2.45) is 0 Å². The number of pyridine rings is 1. The van der Waals surface area contributed by atoms with Crippen molar-refractivity contribution < 1.29 is 14.3 Å². The summed E-state index contributed by atoms with van der Waals surface area (Å²) in [7, 11) is 0. The van der Waals surface area contributed by atoms with Crippen LogP contribution in [0.4, 0.5) is 14.7 Å². The predicted octanol–water partition coefficient (Wildman–Crippen LogP) is 6.22. The van der Waals surface area contributed by atoms with Gasteiger partial charge in [0.1, 0.15) is 5.60 Å². The second-order valence-electron chi connectivity index (χ2n) is 10.9. The molecule has 1 N–H and O–H groups in total. The van der Waals surface area contributed by atoms with Gasteiger partial charge in [0.15, 0.2) is 5.13 Å². The minimum Gasteiger partial charge on any atom is -0.444 e. The molecule has 3 aromatic rings. The van der Waals surface area contributed by atoms with Crippen LogP contribution in [0.25, 0.3) is 21.7 Å². The Morgan fingerprint density at radius 1 is 1.03 bits per heavy atom. The number of aryl methyl sites for hydroxylation is 2. The van der Waals surface area contributed by atoms with Crippen molar-refractivity contribution in [2.45, 2.75) is 66.2 Å². The van der Waals surface area contributed by atoms with Gasteiger partial charge in [0.2, 0.25) is 0 Å². The van der Waals surface area contributed by atoms with Gasteiger partial charge in [-0.2, -0.15) is 5.26 Å². The molecule has 9 nitrogen and oxygen atoms in total. The zero-order valence-corrected chi connectivity index (χ0v) is 24.2. The van der Waals surface area contributed by atoms with E-state index < -0.39 is 5.60 Å². The highest BCUT2D eigenvalue weighted by Gasteiger charge is 2.36. The molecule has 39 heavy (non-hydrogen) atoms. The quantitative estimate of drug-likeness (QED) is 0.417. The van der Waals surface area contributed by atoms with Gasteiger partial charge in [0.05, 0.1) is 22.2 Å². The third-order valence-corrected chi connectivity index (χ3v) is 7.34. The zero-order valence-electron chi connectivity index (χ0n) is 23.4. The van der Waals surface area contributed by atoms with Crippen LogP contribution >= 0.6 is 11.3 Å². The Hall–Kier alpha value is -3.97. The Balaban J connectivity index is 1.60. The van der Waals surface area contributed by atoms with Gasteiger partial charge in [-0.15, -0.1) is 0 Å². The average molecular weight is 547 g/mol. The molecule has 0 aliphatic carbocycles. The molecular formula is C29H34N6O3S. The molecule has 1 aromatic carbocycles. The number of piperazine rings is 1. The Morgan fingerprint density at radius 3 is 2.31 bits per heavy atom. The number of carbonyl (C=O) groups is 2. The fourth-order valence-corrected chi connectivity index (χ4v) is 5.58. The summed E-state index contributed by atoms with van der Waals surface area (Å²) in [4.78, 5) is 39.7. The van der Waals surface area contributed by atoms with Crippen molar-refractivity contribution in [1.82, 2.24) is 19.8 Å². The first-order chi connectivity index (χ1) is 18.3. The maximum Gasteiger partial charge on any atom is 0.410 e. The second-order valence-corrected chi connectivity index (χ2v) is 11.9. The van der Waals surface area contributed by atoms with Crippen LogP contribution in [0.2, 0.25) is 0 Å². The van der Waals surface area contributed by atoms with Crippen LogP contribution in [-0.2, 0) is 4.74 Å². The average Bonchev–Trinajstić information content (AvgIpc) is 3.27. The summed E-state index contributed by atoms with van der Waals surface area (Å²) in [5.41, 5.74) is 4.13. The van der Waals surface area contributed by atoms with E-state index in [-0.39, 0.29) is 24.2 Å². The molecule has 4 rings (SSSR count). The Kier molecular flexibility index (Phi) is 7.93. The summed E-state index contributed by atoms with van der Waals surface area (Å²) < 4.78 is 5.56. The van der Waals surface area contributed by atoms with E-state index in [0.29, 0.717) is 29.5 Å². The van der Waals surface area contributed by atoms with Gasteiger partial charge in [0, 0.05) is 42.1 Å². The summed E-state index contributed by atoms with van der Waals surface area (Å²) in [6, 6.07) is 12.7. The Labute approximate surface area is 233 Å². The van der Waals surface area contributed by atoms with Crippen LogP contribution in [0.5, 0.6) is 0 Å². The molecule has 2 atom stereocenters. The largest absolute Gasteiger partial charge is 0.444 e. The summed E-state index contributed by atoms with van der Waals surface area (Å²) >= 11 is 1.38. The van der Waals surface area contributed by atoms with Crippen LogP contribution in [0.3, 0.4) is 0 Å². The minimum absolute atomic E-state index is 0.208. The van der Waals surface area contributed by atoms with Crippen LogP contribution in [0, 0.1) is 25.2 Å². The first kappa shape index (κ1) is 28.0. The summed E-state index contributed by atoms with van der Waals surface area (Å²) in [5, 5.41) is 12.9. The lowest BCUT2D eigenvalue weighted by atomic mass is 10.0. The fourth-order valence-electron chi connectivity index (χ4n) is 4.61. The Bertz CT molecular complexity index is 1420. The lowest BCUT2D eigenvalue weighted by Crippen LogP contribution is -2.60. The van der Waals surface area contributed by atoms with Gasteiger partial charge < -0.3 is 14.5 Å². The van der Waals surface area contributed by atoms with E-state index in [1.807, 2.05) is 72.7 Å². The number of nitrogens with one attached hydrogen (secondary N) is 1. The minimum atomic E-state index is -0.590. The molecule has 1 aliphatic rings. The van der Waals surface area contributed by atoms with Crippen LogP contribution < -0.4 is 5.32 Å². The number of carbonyl (C=O) groups excluding carboxylic acids is 2. The molecule has 1 fully saturated rings. The lowest BCUT2D eigenvalue weighted by Gasteiger charge is -2.43. The SMILES string of the molecule is Cc1cc(-c2sc(NC(=O)N3CC(C)N(C(=O)OC(C)(C)C)C[C@@H]3C)nc2-c2cccc(C#N)c2)cc(C)n1. The molecule has 3 amide bonds. The molecule has 3 heterocycles. The molecule has 1 unspecified atom stereocenters. The number of hydrogen-bond donors (Lipinski definition) is 1. The highest BCUT2D eigenvalue weighted by atomic mass is 32.1. The third kappa shape index (κ3) is 6.55. The summed E-state index contributed by atoms with van der Waals surface area (Å²) in [6.45, 7) is 14.0. The molecule has 0 bridgehead atoms. The van der Waals surface area contributed by atoms with Crippen molar-refractivity contribution in [3.05, 3.63) is 53.3 Å². The molecule has 0 saturated carbocycles. The number of thiazole rings is 1. The highest BCUT2D eigenvalue weighted by Crippen LogP contribution is 2.40. The van der Waals surface area contributed by atoms with E-state index in [0.717, 1.165) is 27.4 Å². The number of urea groups is 1. The zero-order chi connectivity index (χ0) is 28.5. The molecule has 10 heteroatoms. The van der Waals surface area contributed by atoms with E-state index in [2.05, 4.69) is 16.4 Å². The normalized spacial score (nSPS) is 17.5. The van der Waals surface area contributed by atoms with Gasteiger partial charge in [0.25, 0.3) is 0 Å². The van der Waals surface area contributed by atoms with Crippen molar-refractivity contribution >= 4 is 28.6 Å². The lowest BCUT2D eigenvalue weighted by molar-refractivity contribution is -0.00241. The fraction of sp³-hybridized carbons (Fsp3) is 0.414. The van der Waals surface area contributed by atoms with Crippen molar-refractivity contribution in [2.75, 3.05) is 18.4 Å². The molecule has 0 radical (unpaired) electrons. The monoisotopic (exact) mass is 546 g/mol. The number of nitriles is 1. The molecular weight excluding hydrogens is 512 g/mol. The first-order valence-electron chi connectivity index (χ1n) is 12.9. The molecule has 1 aliphatic heterocycles. The standard InChI is InChI=1S/C29H34N6O3S/c1-17-11-23(12-18(2)31-17)25-24(22-10-8-9-21(13-22)14-30)32-26(39-25)33-27(36)34-15-20(4)35(16-19(34)3)28(37)38-29(5,6)7/h8-13,19-20H,15-16H2,1-7H3,(H,32,33,36)/t19-,20?/m0/s1. The maximum absolute atomic E-state index is 13.4.